The normalized spacial score (nSPS) is 11.3. The highest BCUT2D eigenvalue weighted by atomic mass is 35.5. The highest BCUT2D eigenvalue weighted by Gasteiger charge is 2.26. The number of rotatable bonds is 6. The van der Waals surface area contributed by atoms with Gasteiger partial charge in [0.2, 0.25) is 0 Å². The molecule has 0 amide bonds. The summed E-state index contributed by atoms with van der Waals surface area (Å²) in [4.78, 5) is 4.39. The largest absolute Gasteiger partial charge is 0.489 e. The molecule has 0 radical (unpaired) electrons. The first kappa shape index (κ1) is 22.1. The van der Waals surface area contributed by atoms with Gasteiger partial charge in [0.05, 0.1) is 22.0 Å². The lowest BCUT2D eigenvalue weighted by atomic mass is 9.77. The maximum atomic E-state index is 9.61. The van der Waals surface area contributed by atoms with Crippen molar-refractivity contribution >= 4 is 34.1 Å². The second kappa shape index (κ2) is 9.20. The molecule has 1 aromatic heterocycles. The van der Waals surface area contributed by atoms with Crippen LogP contribution in [0.5, 0.6) is 5.75 Å². The van der Waals surface area contributed by atoms with Crippen molar-refractivity contribution < 1.29 is 4.74 Å². The Morgan fingerprint density at radius 2 is 1.72 bits per heavy atom. The molecule has 0 atom stereocenters. The predicted octanol–water partition coefficient (Wildman–Crippen LogP) is 7.37. The molecule has 0 spiro atoms. The summed E-state index contributed by atoms with van der Waals surface area (Å²) < 4.78 is 5.59. The molecule has 4 aromatic rings. The van der Waals surface area contributed by atoms with Gasteiger partial charge in [-0.25, -0.2) is 0 Å². The minimum absolute atomic E-state index is 0.297. The van der Waals surface area contributed by atoms with Crippen LogP contribution in [0.25, 0.3) is 22.0 Å². The summed E-state index contributed by atoms with van der Waals surface area (Å²) in [6.45, 7) is 4.54. The van der Waals surface area contributed by atoms with Crippen LogP contribution in [0, 0.1) is 11.3 Å². The van der Waals surface area contributed by atoms with E-state index in [0.29, 0.717) is 28.8 Å². The number of aromatic nitrogens is 1. The van der Waals surface area contributed by atoms with Crippen molar-refractivity contribution in [3.63, 3.8) is 0 Å². The summed E-state index contributed by atoms with van der Waals surface area (Å²) in [6.07, 6.45) is 1.80. The lowest BCUT2D eigenvalue weighted by Gasteiger charge is -2.27. The van der Waals surface area contributed by atoms with Gasteiger partial charge in [-0.05, 0) is 52.6 Å². The molecule has 0 aliphatic carbocycles. The Bertz CT molecular complexity index is 1310. The first-order valence-electron chi connectivity index (χ1n) is 10.3. The highest BCUT2D eigenvalue weighted by Crippen LogP contribution is 2.38. The van der Waals surface area contributed by atoms with Crippen LogP contribution >= 0.6 is 23.2 Å². The van der Waals surface area contributed by atoms with Crippen LogP contribution in [-0.4, -0.2) is 17.5 Å². The molecule has 5 heteroatoms. The minimum Gasteiger partial charge on any atom is -0.489 e. The fraction of sp³-hybridized carbons (Fsp3) is 0.185. The average molecular weight is 461 g/mol. The summed E-state index contributed by atoms with van der Waals surface area (Å²) in [5.41, 5.74) is 5.39. The maximum absolute atomic E-state index is 9.61. The molecule has 3 aromatic carbocycles. The standard InChI is InChI=1S/C27H22Cl2N2O/c1-27(2,23-15-21(17-30)26(24(29)16-23)32-13-11-28)22-8-5-18(6-9-22)19-7-10-25-20(14-19)4-3-12-31-25/h3-10,12,14-16H,11,13H2,1-2H3. The van der Waals surface area contributed by atoms with Crippen LogP contribution in [0.3, 0.4) is 0 Å². The van der Waals surface area contributed by atoms with Crippen molar-refractivity contribution in [2.24, 2.45) is 0 Å². The Morgan fingerprint density at radius 3 is 2.44 bits per heavy atom. The summed E-state index contributed by atoms with van der Waals surface area (Å²) in [7, 11) is 0. The number of nitrogens with zero attached hydrogens (tertiary/aromatic N) is 2. The molecular formula is C27H22Cl2N2O. The number of benzene rings is 3. The van der Waals surface area contributed by atoms with E-state index >= 15 is 0 Å². The number of ether oxygens (including phenoxy) is 1. The Kier molecular flexibility index (Phi) is 6.37. The first-order valence-corrected chi connectivity index (χ1v) is 11.2. The number of fused-ring (bicyclic) bond motifs is 1. The van der Waals surface area contributed by atoms with E-state index in [0.717, 1.165) is 33.2 Å². The van der Waals surface area contributed by atoms with Gasteiger partial charge in [-0.15, -0.1) is 11.6 Å². The van der Waals surface area contributed by atoms with Crippen LogP contribution in [0.15, 0.2) is 72.9 Å². The van der Waals surface area contributed by atoms with Crippen molar-refractivity contribution in [1.82, 2.24) is 4.98 Å². The molecular weight excluding hydrogens is 439 g/mol. The van der Waals surface area contributed by atoms with Gasteiger partial charge in [0.15, 0.2) is 5.75 Å². The van der Waals surface area contributed by atoms with Gasteiger partial charge >= 0.3 is 0 Å². The monoisotopic (exact) mass is 460 g/mol. The van der Waals surface area contributed by atoms with E-state index in [2.05, 4.69) is 67.4 Å². The van der Waals surface area contributed by atoms with Crippen molar-refractivity contribution in [1.29, 1.82) is 5.26 Å². The summed E-state index contributed by atoms with van der Waals surface area (Å²) in [5, 5.41) is 11.1. The topological polar surface area (TPSA) is 45.9 Å². The van der Waals surface area contributed by atoms with E-state index in [4.69, 9.17) is 27.9 Å². The lowest BCUT2D eigenvalue weighted by molar-refractivity contribution is 0.341. The summed E-state index contributed by atoms with van der Waals surface area (Å²) >= 11 is 12.2. The first-order chi connectivity index (χ1) is 15.4. The quantitative estimate of drug-likeness (QED) is 0.282. The average Bonchev–Trinajstić information content (AvgIpc) is 2.82. The van der Waals surface area contributed by atoms with E-state index in [-0.39, 0.29) is 5.41 Å². The van der Waals surface area contributed by atoms with Gasteiger partial charge in [0.25, 0.3) is 0 Å². The number of alkyl halides is 1. The van der Waals surface area contributed by atoms with Gasteiger partial charge in [-0.1, -0.05) is 61.8 Å². The molecule has 1 heterocycles. The number of pyridine rings is 1. The van der Waals surface area contributed by atoms with Crippen LogP contribution in [0.4, 0.5) is 0 Å². The second-order valence-corrected chi connectivity index (χ2v) is 8.88. The summed E-state index contributed by atoms with van der Waals surface area (Å²) in [5.74, 6) is 0.713. The van der Waals surface area contributed by atoms with E-state index in [1.807, 2.05) is 24.3 Å². The molecule has 0 saturated carbocycles. The Balaban J connectivity index is 1.67. The fourth-order valence-corrected chi connectivity index (χ4v) is 4.18. The van der Waals surface area contributed by atoms with E-state index in [1.54, 1.807) is 6.20 Å². The molecule has 0 bridgehead atoms. The van der Waals surface area contributed by atoms with Gasteiger partial charge in [0, 0.05) is 17.0 Å². The Hall–Kier alpha value is -3.06. The number of hydrogen-bond acceptors (Lipinski definition) is 3. The molecule has 160 valence electrons. The summed E-state index contributed by atoms with van der Waals surface area (Å²) in [6, 6.07) is 24.7. The van der Waals surface area contributed by atoms with E-state index in [9.17, 15) is 5.26 Å². The molecule has 0 saturated heterocycles. The molecule has 32 heavy (non-hydrogen) atoms. The van der Waals surface area contributed by atoms with E-state index in [1.165, 1.54) is 0 Å². The zero-order chi connectivity index (χ0) is 22.7. The third kappa shape index (κ3) is 4.30. The van der Waals surface area contributed by atoms with Crippen LogP contribution in [0.1, 0.15) is 30.5 Å². The molecule has 4 rings (SSSR count). The van der Waals surface area contributed by atoms with Crippen molar-refractivity contribution in [2.45, 2.75) is 19.3 Å². The maximum Gasteiger partial charge on any atom is 0.155 e. The Labute approximate surface area is 198 Å². The number of halogens is 2. The van der Waals surface area contributed by atoms with Crippen molar-refractivity contribution in [3.05, 3.63) is 94.6 Å². The SMILES string of the molecule is CC(C)(c1ccc(-c2ccc3ncccc3c2)cc1)c1cc(Cl)c(OCCCl)c(C#N)c1. The van der Waals surface area contributed by atoms with E-state index < -0.39 is 0 Å². The fourth-order valence-electron chi connectivity index (χ4n) is 3.83. The molecule has 0 fully saturated rings. The molecule has 0 N–H and O–H groups in total. The van der Waals surface area contributed by atoms with Gasteiger partial charge < -0.3 is 4.74 Å². The highest BCUT2D eigenvalue weighted by molar-refractivity contribution is 6.32. The van der Waals surface area contributed by atoms with Gasteiger partial charge in [-0.2, -0.15) is 5.26 Å². The zero-order valence-corrected chi connectivity index (χ0v) is 19.4. The zero-order valence-electron chi connectivity index (χ0n) is 17.9. The van der Waals surface area contributed by atoms with Crippen LogP contribution in [0.2, 0.25) is 5.02 Å². The minimum atomic E-state index is -0.355. The van der Waals surface area contributed by atoms with Gasteiger partial charge in [0.1, 0.15) is 12.7 Å². The third-order valence-electron chi connectivity index (χ3n) is 5.75. The number of nitriles is 1. The predicted molar refractivity (Wildman–Crippen MR) is 132 cm³/mol. The third-order valence-corrected chi connectivity index (χ3v) is 6.19. The molecule has 0 aliphatic heterocycles. The molecule has 0 aliphatic rings. The smallest absolute Gasteiger partial charge is 0.155 e. The van der Waals surface area contributed by atoms with Gasteiger partial charge in [-0.3, -0.25) is 4.98 Å². The van der Waals surface area contributed by atoms with Crippen LogP contribution in [-0.2, 0) is 5.41 Å². The van der Waals surface area contributed by atoms with Crippen molar-refractivity contribution in [3.8, 4) is 22.9 Å². The number of hydrogen-bond donors (Lipinski definition) is 0. The lowest BCUT2D eigenvalue weighted by Crippen LogP contribution is -2.19. The molecule has 0 unspecified atom stereocenters. The molecule has 3 nitrogen and oxygen atoms in total. The second-order valence-electron chi connectivity index (χ2n) is 8.10. The van der Waals surface area contributed by atoms with Crippen LogP contribution < -0.4 is 4.74 Å². The Morgan fingerprint density at radius 1 is 0.969 bits per heavy atom. The van der Waals surface area contributed by atoms with Crippen molar-refractivity contribution in [2.75, 3.05) is 12.5 Å².